The lowest BCUT2D eigenvalue weighted by Crippen LogP contribution is -2.45. The first-order valence-electron chi connectivity index (χ1n) is 8.38. The predicted octanol–water partition coefficient (Wildman–Crippen LogP) is 2.71. The summed E-state index contributed by atoms with van der Waals surface area (Å²) in [5.41, 5.74) is 0.132. The minimum absolute atomic E-state index is 0.109. The van der Waals surface area contributed by atoms with Gasteiger partial charge in [0.05, 0.1) is 0 Å². The molecule has 0 saturated heterocycles. The number of amides is 2. The van der Waals surface area contributed by atoms with Crippen LogP contribution in [0.5, 0.6) is 0 Å². The molecule has 4 nitrogen and oxygen atoms in total. The van der Waals surface area contributed by atoms with Crippen LogP contribution in [0.2, 0.25) is 0 Å². The number of allylic oxidation sites excluding steroid dienone is 2. The fourth-order valence-electron chi connectivity index (χ4n) is 3.36. The van der Waals surface area contributed by atoms with Gasteiger partial charge in [0.25, 0.3) is 0 Å². The van der Waals surface area contributed by atoms with Gasteiger partial charge in [-0.25, -0.2) is 0 Å². The van der Waals surface area contributed by atoms with Crippen LogP contribution in [-0.4, -0.2) is 24.4 Å². The number of hydrogen-bond acceptors (Lipinski definition) is 2. The summed E-state index contributed by atoms with van der Waals surface area (Å²) in [4.78, 5) is 23.6. The molecule has 0 unspecified atom stereocenters. The lowest BCUT2D eigenvalue weighted by atomic mass is 9.73. The molecule has 1 fully saturated rings. The summed E-state index contributed by atoms with van der Waals surface area (Å²) in [7, 11) is 0. The molecular weight excluding hydrogens is 276 g/mol. The van der Waals surface area contributed by atoms with E-state index in [1.807, 2.05) is 0 Å². The molecule has 0 radical (unpaired) electrons. The first-order valence-corrected chi connectivity index (χ1v) is 8.38. The molecule has 0 spiro atoms. The van der Waals surface area contributed by atoms with Crippen LogP contribution < -0.4 is 10.6 Å². The summed E-state index contributed by atoms with van der Waals surface area (Å²) in [5.74, 6) is 0.269. The summed E-state index contributed by atoms with van der Waals surface area (Å²) in [6.07, 6.45) is 12.5. The zero-order valence-electron chi connectivity index (χ0n) is 13.6. The SMILES string of the molecule is C=CC(=O)NCC1(C)CCC(NC(=O)[C@H]2CC=CCC2)CC1. The number of carbonyl (C=O) groups excluding carboxylic acids is 2. The molecule has 2 amide bonds. The summed E-state index contributed by atoms with van der Waals surface area (Å²) < 4.78 is 0. The average Bonchev–Trinajstić information content (AvgIpc) is 2.56. The van der Waals surface area contributed by atoms with Crippen LogP contribution in [0.3, 0.4) is 0 Å². The first kappa shape index (κ1) is 16.8. The van der Waals surface area contributed by atoms with Crippen molar-refractivity contribution in [3.05, 3.63) is 24.8 Å². The molecule has 4 heteroatoms. The van der Waals surface area contributed by atoms with E-state index >= 15 is 0 Å². The Morgan fingerprint density at radius 2 is 2.00 bits per heavy atom. The summed E-state index contributed by atoms with van der Waals surface area (Å²) in [5, 5.41) is 6.12. The van der Waals surface area contributed by atoms with Crippen molar-refractivity contribution < 1.29 is 9.59 Å². The third-order valence-electron chi connectivity index (χ3n) is 5.05. The molecule has 0 bridgehead atoms. The highest BCUT2D eigenvalue weighted by molar-refractivity contribution is 5.86. The maximum Gasteiger partial charge on any atom is 0.243 e. The molecule has 2 rings (SSSR count). The average molecular weight is 304 g/mol. The predicted molar refractivity (Wildman–Crippen MR) is 88.2 cm³/mol. The van der Waals surface area contributed by atoms with Crippen molar-refractivity contribution in [1.29, 1.82) is 0 Å². The number of nitrogens with one attached hydrogen (secondary N) is 2. The molecule has 2 aliphatic rings. The molecule has 122 valence electrons. The number of rotatable bonds is 5. The normalized spacial score (nSPS) is 31.3. The minimum Gasteiger partial charge on any atom is -0.353 e. The fourth-order valence-corrected chi connectivity index (χ4v) is 3.36. The van der Waals surface area contributed by atoms with Crippen LogP contribution in [0.25, 0.3) is 0 Å². The van der Waals surface area contributed by atoms with E-state index in [4.69, 9.17) is 0 Å². The Balaban J connectivity index is 1.74. The van der Waals surface area contributed by atoms with Crippen LogP contribution in [0.4, 0.5) is 0 Å². The molecule has 0 heterocycles. The van der Waals surface area contributed by atoms with Gasteiger partial charge in [-0.1, -0.05) is 25.7 Å². The van der Waals surface area contributed by atoms with E-state index < -0.39 is 0 Å². The molecule has 0 aromatic heterocycles. The number of hydrogen-bond donors (Lipinski definition) is 2. The molecule has 0 aromatic carbocycles. The quantitative estimate of drug-likeness (QED) is 0.606. The van der Waals surface area contributed by atoms with Crippen LogP contribution in [0.15, 0.2) is 24.8 Å². The van der Waals surface area contributed by atoms with Gasteiger partial charge in [0.2, 0.25) is 11.8 Å². The van der Waals surface area contributed by atoms with E-state index in [2.05, 4.69) is 36.3 Å². The lowest BCUT2D eigenvalue weighted by molar-refractivity contribution is -0.126. The Labute approximate surface area is 133 Å². The summed E-state index contributed by atoms with van der Waals surface area (Å²) in [6.45, 7) is 6.37. The highest BCUT2D eigenvalue weighted by Crippen LogP contribution is 2.35. The van der Waals surface area contributed by atoms with Gasteiger partial charge in [0, 0.05) is 18.5 Å². The first-order chi connectivity index (χ1) is 10.5. The molecule has 0 aliphatic heterocycles. The summed E-state index contributed by atoms with van der Waals surface area (Å²) >= 11 is 0. The van der Waals surface area contributed by atoms with Gasteiger partial charge in [-0.3, -0.25) is 9.59 Å². The van der Waals surface area contributed by atoms with Crippen molar-refractivity contribution in [2.24, 2.45) is 11.3 Å². The highest BCUT2D eigenvalue weighted by Gasteiger charge is 2.32. The molecular formula is C18H28N2O2. The molecule has 2 aliphatic carbocycles. The maximum absolute atomic E-state index is 12.3. The van der Waals surface area contributed by atoms with Gasteiger partial charge < -0.3 is 10.6 Å². The van der Waals surface area contributed by atoms with Crippen molar-refractivity contribution in [3.63, 3.8) is 0 Å². The van der Waals surface area contributed by atoms with Crippen LogP contribution in [0, 0.1) is 11.3 Å². The molecule has 1 atom stereocenters. The van der Waals surface area contributed by atoms with E-state index in [1.165, 1.54) is 6.08 Å². The Morgan fingerprint density at radius 1 is 1.27 bits per heavy atom. The largest absolute Gasteiger partial charge is 0.353 e. The van der Waals surface area contributed by atoms with E-state index in [0.29, 0.717) is 12.6 Å². The van der Waals surface area contributed by atoms with E-state index in [-0.39, 0.29) is 23.1 Å². The van der Waals surface area contributed by atoms with Gasteiger partial charge in [0.1, 0.15) is 0 Å². The van der Waals surface area contributed by atoms with Gasteiger partial charge in [-0.15, -0.1) is 0 Å². The van der Waals surface area contributed by atoms with Crippen molar-refractivity contribution in [3.8, 4) is 0 Å². The zero-order chi connectivity index (χ0) is 16.0. The van der Waals surface area contributed by atoms with Crippen molar-refractivity contribution in [2.45, 2.75) is 57.9 Å². The van der Waals surface area contributed by atoms with Crippen LogP contribution in [-0.2, 0) is 9.59 Å². The monoisotopic (exact) mass is 304 g/mol. The summed E-state index contributed by atoms with van der Waals surface area (Å²) in [6, 6.07) is 0.293. The Bertz CT molecular complexity index is 448. The minimum atomic E-state index is -0.109. The third kappa shape index (κ3) is 4.72. The Hall–Kier alpha value is -1.58. The highest BCUT2D eigenvalue weighted by atomic mass is 16.2. The number of carbonyl (C=O) groups is 2. The molecule has 2 N–H and O–H groups in total. The lowest BCUT2D eigenvalue weighted by Gasteiger charge is -2.38. The smallest absolute Gasteiger partial charge is 0.243 e. The van der Waals surface area contributed by atoms with E-state index in [0.717, 1.165) is 44.9 Å². The second-order valence-electron chi connectivity index (χ2n) is 7.00. The van der Waals surface area contributed by atoms with Gasteiger partial charge in [0.15, 0.2) is 0 Å². The topological polar surface area (TPSA) is 58.2 Å². The van der Waals surface area contributed by atoms with Gasteiger partial charge in [-0.2, -0.15) is 0 Å². The van der Waals surface area contributed by atoms with Crippen molar-refractivity contribution in [2.75, 3.05) is 6.54 Å². The zero-order valence-corrected chi connectivity index (χ0v) is 13.6. The van der Waals surface area contributed by atoms with Crippen molar-refractivity contribution >= 4 is 11.8 Å². The van der Waals surface area contributed by atoms with Crippen LogP contribution >= 0.6 is 0 Å². The van der Waals surface area contributed by atoms with E-state index in [1.54, 1.807) is 0 Å². The second kappa shape index (κ2) is 7.61. The van der Waals surface area contributed by atoms with Crippen LogP contribution in [0.1, 0.15) is 51.9 Å². The molecule has 0 aromatic rings. The van der Waals surface area contributed by atoms with Gasteiger partial charge in [-0.05, 0) is 56.4 Å². The standard InChI is InChI=1S/C18H28N2O2/c1-3-16(21)19-13-18(2)11-9-15(10-12-18)20-17(22)14-7-5-4-6-8-14/h3-5,14-15H,1,6-13H2,2H3,(H,19,21)(H,20,22)/t14-,15?,18?/m0/s1. The van der Waals surface area contributed by atoms with Crippen molar-refractivity contribution in [1.82, 2.24) is 10.6 Å². The maximum atomic E-state index is 12.3. The Morgan fingerprint density at radius 3 is 2.59 bits per heavy atom. The third-order valence-corrected chi connectivity index (χ3v) is 5.05. The fraction of sp³-hybridized carbons (Fsp3) is 0.667. The van der Waals surface area contributed by atoms with Gasteiger partial charge >= 0.3 is 0 Å². The Kier molecular flexibility index (Phi) is 5.81. The second-order valence-corrected chi connectivity index (χ2v) is 7.00. The van der Waals surface area contributed by atoms with E-state index in [9.17, 15) is 9.59 Å². The molecule has 1 saturated carbocycles. The molecule has 22 heavy (non-hydrogen) atoms.